The molecule has 6 nitrogen and oxygen atoms in total. The van der Waals surface area contributed by atoms with E-state index in [4.69, 9.17) is 0 Å². The monoisotopic (exact) mass is 427 g/mol. The van der Waals surface area contributed by atoms with Crippen LogP contribution < -0.4 is 15.1 Å². The van der Waals surface area contributed by atoms with Crippen molar-refractivity contribution in [2.45, 2.75) is 71.4 Å². The number of hydrogen-bond donors (Lipinski definition) is 2. The number of urea groups is 1. The van der Waals surface area contributed by atoms with Crippen LogP contribution in [0, 0.1) is 11.3 Å². The number of nitrogens with zero attached hydrogens (tertiary/aromatic N) is 2. The average molecular weight is 428 g/mol. The van der Waals surface area contributed by atoms with E-state index < -0.39 is 5.54 Å². The predicted molar refractivity (Wildman–Crippen MR) is 123 cm³/mol. The number of carbonyl (C=O) groups excluding carboxylic acids is 2. The first-order valence-corrected chi connectivity index (χ1v) is 12.0. The lowest BCUT2D eigenvalue weighted by Gasteiger charge is -2.40. The fourth-order valence-corrected chi connectivity index (χ4v) is 5.71. The topological polar surface area (TPSA) is 57.1 Å². The summed E-state index contributed by atoms with van der Waals surface area (Å²) in [6.45, 7) is 10.2. The number of rotatable bonds is 5. The lowest BCUT2D eigenvalue weighted by molar-refractivity contribution is -0.901. The van der Waals surface area contributed by atoms with Crippen LogP contribution >= 0.6 is 0 Å². The minimum Gasteiger partial charge on any atom is -0.371 e. The van der Waals surface area contributed by atoms with E-state index in [9.17, 15) is 9.59 Å². The lowest BCUT2D eigenvalue weighted by Crippen LogP contribution is -3.09. The van der Waals surface area contributed by atoms with Crippen LogP contribution in [-0.4, -0.2) is 49.2 Å². The number of para-hydroxylation sites is 1. The molecule has 1 aromatic rings. The number of quaternary nitrogens is 1. The minimum atomic E-state index is -0.674. The van der Waals surface area contributed by atoms with Gasteiger partial charge in [-0.15, -0.1) is 0 Å². The molecule has 2 heterocycles. The molecule has 1 aromatic carbocycles. The van der Waals surface area contributed by atoms with E-state index in [-0.39, 0.29) is 17.4 Å². The smallest absolute Gasteiger partial charge is 0.329 e. The molecule has 0 radical (unpaired) electrons. The summed E-state index contributed by atoms with van der Waals surface area (Å²) in [6, 6.07) is 8.34. The Hall–Kier alpha value is -2.08. The summed E-state index contributed by atoms with van der Waals surface area (Å²) in [5, 5.41) is 3.08. The Morgan fingerprint density at radius 2 is 1.74 bits per heavy atom. The van der Waals surface area contributed by atoms with Crippen molar-refractivity contribution in [3.05, 3.63) is 29.8 Å². The van der Waals surface area contributed by atoms with Gasteiger partial charge in [0.2, 0.25) is 0 Å². The summed E-state index contributed by atoms with van der Waals surface area (Å²) >= 11 is 0. The van der Waals surface area contributed by atoms with Crippen LogP contribution in [0.25, 0.3) is 0 Å². The summed E-state index contributed by atoms with van der Waals surface area (Å²) in [5.74, 6) is 0.587. The normalized spacial score (nSPS) is 27.8. The summed E-state index contributed by atoms with van der Waals surface area (Å²) in [7, 11) is 2.07. The van der Waals surface area contributed by atoms with Gasteiger partial charge in [0.15, 0.2) is 6.67 Å². The predicted octanol–water partition coefficient (Wildman–Crippen LogP) is 2.79. The van der Waals surface area contributed by atoms with Crippen molar-refractivity contribution in [1.82, 2.24) is 10.2 Å². The standard InChI is InChI=1S/C25H38N4O2/c1-24(2,3)20-11-13-25(14-12-20)22(30)29(23(31)26-25)18-27(4)17-19-9-5-6-10-21(19)28-15-7-8-16-28/h5-6,9-10,20H,7-8,11-18H2,1-4H3,(H,26,31)/p+1. The van der Waals surface area contributed by atoms with E-state index >= 15 is 0 Å². The first-order chi connectivity index (χ1) is 14.7. The summed E-state index contributed by atoms with van der Waals surface area (Å²) in [4.78, 5) is 31.2. The molecule has 2 aliphatic heterocycles. The SMILES string of the molecule is C[NH+](Cc1ccccc1N1CCCC1)CN1C(=O)NC2(CCC(C(C)(C)C)CC2)C1=O. The van der Waals surface area contributed by atoms with Gasteiger partial charge in [-0.2, -0.15) is 0 Å². The second-order valence-electron chi connectivity index (χ2n) is 11.0. The van der Waals surface area contributed by atoms with E-state index in [2.05, 4.69) is 62.3 Å². The van der Waals surface area contributed by atoms with E-state index in [0.29, 0.717) is 12.6 Å². The molecular weight excluding hydrogens is 388 g/mol. The molecule has 31 heavy (non-hydrogen) atoms. The minimum absolute atomic E-state index is 0.0166. The average Bonchev–Trinajstić information content (AvgIpc) is 3.32. The number of hydrogen-bond acceptors (Lipinski definition) is 3. The number of imide groups is 1. The van der Waals surface area contributed by atoms with Crippen molar-refractivity contribution in [3.63, 3.8) is 0 Å². The van der Waals surface area contributed by atoms with Crippen molar-refractivity contribution >= 4 is 17.6 Å². The zero-order valence-corrected chi connectivity index (χ0v) is 19.7. The molecule has 1 unspecified atom stereocenters. The number of carbonyl (C=O) groups is 2. The highest BCUT2D eigenvalue weighted by molar-refractivity contribution is 6.06. The van der Waals surface area contributed by atoms with Crippen molar-refractivity contribution in [2.24, 2.45) is 11.3 Å². The zero-order valence-electron chi connectivity index (χ0n) is 19.7. The summed E-state index contributed by atoms with van der Waals surface area (Å²) < 4.78 is 0. The Kier molecular flexibility index (Phi) is 6.03. The molecule has 6 heteroatoms. The number of anilines is 1. The Morgan fingerprint density at radius 3 is 2.39 bits per heavy atom. The molecule has 170 valence electrons. The molecule has 0 bridgehead atoms. The van der Waals surface area contributed by atoms with Crippen molar-refractivity contribution < 1.29 is 14.5 Å². The fraction of sp³-hybridized carbons (Fsp3) is 0.680. The third-order valence-corrected chi connectivity index (χ3v) is 7.67. The summed E-state index contributed by atoms with van der Waals surface area (Å²) in [5.41, 5.74) is 2.16. The van der Waals surface area contributed by atoms with Gasteiger partial charge in [-0.25, -0.2) is 9.69 Å². The highest BCUT2D eigenvalue weighted by Gasteiger charge is 2.54. The van der Waals surface area contributed by atoms with Crippen LogP contribution in [0.3, 0.4) is 0 Å². The molecule has 3 aliphatic rings. The van der Waals surface area contributed by atoms with Crippen LogP contribution in [0.4, 0.5) is 10.5 Å². The lowest BCUT2D eigenvalue weighted by atomic mass is 9.67. The largest absolute Gasteiger partial charge is 0.371 e. The summed E-state index contributed by atoms with van der Waals surface area (Å²) in [6.07, 6.45) is 6.00. The van der Waals surface area contributed by atoms with Crippen molar-refractivity contribution in [3.8, 4) is 0 Å². The van der Waals surface area contributed by atoms with Gasteiger partial charge in [0.1, 0.15) is 12.1 Å². The maximum atomic E-state index is 13.3. The van der Waals surface area contributed by atoms with Gasteiger partial charge in [-0.1, -0.05) is 39.0 Å². The molecule has 0 aromatic heterocycles. The Bertz CT molecular complexity index is 817. The second kappa shape index (κ2) is 8.45. The third kappa shape index (κ3) is 4.45. The van der Waals surface area contributed by atoms with Gasteiger partial charge in [0, 0.05) is 24.3 Å². The van der Waals surface area contributed by atoms with Crippen LogP contribution in [-0.2, 0) is 11.3 Å². The van der Waals surface area contributed by atoms with Gasteiger partial charge in [-0.05, 0) is 55.9 Å². The third-order valence-electron chi connectivity index (χ3n) is 7.67. The van der Waals surface area contributed by atoms with Gasteiger partial charge in [-0.3, -0.25) is 4.79 Å². The van der Waals surface area contributed by atoms with E-state index in [1.165, 1.54) is 29.0 Å². The molecule has 3 amide bonds. The first kappa shape index (κ1) is 22.1. The Labute approximate surface area is 187 Å². The van der Waals surface area contributed by atoms with Crippen molar-refractivity contribution in [1.29, 1.82) is 0 Å². The van der Waals surface area contributed by atoms with Gasteiger partial charge < -0.3 is 15.1 Å². The molecular formula is C25H39N4O2+. The second-order valence-corrected chi connectivity index (χ2v) is 11.0. The van der Waals surface area contributed by atoms with Crippen LogP contribution in [0.15, 0.2) is 24.3 Å². The number of nitrogens with one attached hydrogen (secondary N) is 2. The maximum absolute atomic E-state index is 13.3. The molecule has 3 fully saturated rings. The molecule has 1 saturated carbocycles. The van der Waals surface area contributed by atoms with Crippen LogP contribution in [0.5, 0.6) is 0 Å². The van der Waals surface area contributed by atoms with Gasteiger partial charge >= 0.3 is 6.03 Å². The van der Waals surface area contributed by atoms with Gasteiger partial charge in [0.25, 0.3) is 5.91 Å². The first-order valence-electron chi connectivity index (χ1n) is 12.0. The quantitative estimate of drug-likeness (QED) is 0.711. The number of benzene rings is 1. The molecule has 2 saturated heterocycles. The van der Waals surface area contributed by atoms with Crippen molar-refractivity contribution in [2.75, 3.05) is 31.7 Å². The Morgan fingerprint density at radius 1 is 1.10 bits per heavy atom. The number of amides is 3. The van der Waals surface area contributed by atoms with Crippen LogP contribution in [0.2, 0.25) is 0 Å². The molecule has 1 aliphatic carbocycles. The molecule has 2 N–H and O–H groups in total. The highest BCUT2D eigenvalue weighted by atomic mass is 16.2. The van der Waals surface area contributed by atoms with E-state index in [1.54, 1.807) is 0 Å². The van der Waals surface area contributed by atoms with E-state index in [0.717, 1.165) is 50.2 Å². The molecule has 1 spiro atoms. The fourth-order valence-electron chi connectivity index (χ4n) is 5.71. The Balaban J connectivity index is 1.40. The maximum Gasteiger partial charge on any atom is 0.329 e. The van der Waals surface area contributed by atoms with Crippen LogP contribution in [0.1, 0.15) is 64.9 Å². The highest BCUT2D eigenvalue weighted by Crippen LogP contribution is 2.43. The molecule has 1 atom stereocenters. The van der Waals surface area contributed by atoms with Gasteiger partial charge in [0.05, 0.1) is 7.05 Å². The zero-order chi connectivity index (χ0) is 22.2. The van der Waals surface area contributed by atoms with E-state index in [1.807, 2.05) is 0 Å². The molecule has 4 rings (SSSR count).